The van der Waals surface area contributed by atoms with Gasteiger partial charge in [0, 0.05) is 18.4 Å². The molecule has 1 atom stereocenters. The predicted molar refractivity (Wildman–Crippen MR) is 62.2 cm³/mol. The van der Waals surface area contributed by atoms with Gasteiger partial charge in [-0.3, -0.25) is 0 Å². The van der Waals surface area contributed by atoms with Crippen molar-refractivity contribution in [2.75, 3.05) is 7.11 Å². The molecule has 0 aromatic heterocycles. The molecule has 0 saturated heterocycles. The van der Waals surface area contributed by atoms with Crippen LogP contribution in [-0.4, -0.2) is 13.0 Å². The monoisotopic (exact) mass is 219 g/mol. The van der Waals surface area contributed by atoms with E-state index >= 15 is 0 Å². The Hall–Kier alpha value is -1.61. The molecule has 0 amide bonds. The van der Waals surface area contributed by atoms with Crippen LogP contribution in [0.4, 0.5) is 4.39 Å². The van der Waals surface area contributed by atoms with Crippen LogP contribution in [-0.2, 0) is 4.74 Å². The third-order valence-electron chi connectivity index (χ3n) is 2.71. The highest BCUT2D eigenvalue weighted by Gasteiger charge is 2.37. The van der Waals surface area contributed by atoms with Gasteiger partial charge in [0.15, 0.2) is 0 Å². The summed E-state index contributed by atoms with van der Waals surface area (Å²) in [6, 6.07) is 9.34. The quantitative estimate of drug-likeness (QED) is 0.829. The maximum Gasteiger partial charge on any atom is 0.241 e. The van der Waals surface area contributed by atoms with Crippen molar-refractivity contribution >= 4 is 5.57 Å². The molecular formula is C13H14FNO. The van der Waals surface area contributed by atoms with Crippen molar-refractivity contribution in [1.29, 1.82) is 0 Å². The Morgan fingerprint density at radius 3 is 2.56 bits per heavy atom. The van der Waals surface area contributed by atoms with Crippen molar-refractivity contribution in [3.05, 3.63) is 53.7 Å². The SMILES string of the molecule is COC1(F)CC(N)=CC=C1c1ccccc1. The van der Waals surface area contributed by atoms with Gasteiger partial charge in [0.25, 0.3) is 0 Å². The number of allylic oxidation sites excluding steroid dienone is 2. The van der Waals surface area contributed by atoms with Crippen LogP contribution in [0.1, 0.15) is 12.0 Å². The molecule has 0 heterocycles. The Morgan fingerprint density at radius 2 is 1.94 bits per heavy atom. The van der Waals surface area contributed by atoms with Gasteiger partial charge in [-0.25, -0.2) is 4.39 Å². The fourth-order valence-corrected chi connectivity index (χ4v) is 1.84. The third-order valence-corrected chi connectivity index (χ3v) is 2.71. The summed E-state index contributed by atoms with van der Waals surface area (Å²) in [5.41, 5.74) is 7.45. The van der Waals surface area contributed by atoms with E-state index in [4.69, 9.17) is 10.5 Å². The van der Waals surface area contributed by atoms with E-state index in [2.05, 4.69) is 0 Å². The molecular weight excluding hydrogens is 205 g/mol. The minimum absolute atomic E-state index is 0.0736. The Bertz CT molecular complexity index is 439. The highest BCUT2D eigenvalue weighted by molar-refractivity contribution is 5.74. The van der Waals surface area contributed by atoms with Gasteiger partial charge in [0.2, 0.25) is 5.85 Å². The first-order valence-electron chi connectivity index (χ1n) is 5.12. The summed E-state index contributed by atoms with van der Waals surface area (Å²) < 4.78 is 19.5. The topological polar surface area (TPSA) is 35.2 Å². The molecule has 1 aliphatic rings. The largest absolute Gasteiger partial charge is 0.402 e. The number of ether oxygens (including phenoxy) is 1. The van der Waals surface area contributed by atoms with Gasteiger partial charge in [-0.1, -0.05) is 36.4 Å². The number of hydrogen-bond acceptors (Lipinski definition) is 2. The van der Waals surface area contributed by atoms with Crippen LogP contribution in [0.3, 0.4) is 0 Å². The summed E-state index contributed by atoms with van der Waals surface area (Å²) in [5, 5.41) is 0. The average molecular weight is 219 g/mol. The summed E-state index contributed by atoms with van der Waals surface area (Å²) in [7, 11) is 1.36. The number of methoxy groups -OCH3 is 1. The van der Waals surface area contributed by atoms with Gasteiger partial charge >= 0.3 is 0 Å². The van der Waals surface area contributed by atoms with Crippen molar-refractivity contribution in [1.82, 2.24) is 0 Å². The van der Waals surface area contributed by atoms with Gasteiger partial charge in [-0.05, 0) is 11.6 Å². The molecule has 84 valence electrons. The van der Waals surface area contributed by atoms with E-state index in [1.165, 1.54) is 7.11 Å². The minimum atomic E-state index is -1.82. The van der Waals surface area contributed by atoms with Crippen molar-refractivity contribution in [3.8, 4) is 0 Å². The minimum Gasteiger partial charge on any atom is -0.402 e. The second kappa shape index (κ2) is 4.10. The molecule has 1 aliphatic carbocycles. The van der Waals surface area contributed by atoms with Crippen molar-refractivity contribution < 1.29 is 9.13 Å². The second-order valence-corrected chi connectivity index (χ2v) is 3.80. The highest BCUT2D eigenvalue weighted by atomic mass is 19.2. The van der Waals surface area contributed by atoms with Crippen LogP contribution in [0.2, 0.25) is 0 Å². The molecule has 0 fully saturated rings. The molecule has 0 radical (unpaired) electrons. The van der Waals surface area contributed by atoms with Crippen LogP contribution in [0.5, 0.6) is 0 Å². The zero-order chi connectivity index (χ0) is 11.6. The van der Waals surface area contributed by atoms with Crippen LogP contribution < -0.4 is 5.73 Å². The Morgan fingerprint density at radius 1 is 1.25 bits per heavy atom. The first kappa shape index (κ1) is 10.9. The molecule has 2 N–H and O–H groups in total. The molecule has 0 saturated carbocycles. The van der Waals surface area contributed by atoms with E-state index in [-0.39, 0.29) is 6.42 Å². The summed E-state index contributed by atoms with van der Waals surface area (Å²) in [6.45, 7) is 0. The van der Waals surface area contributed by atoms with Crippen LogP contribution in [0.25, 0.3) is 5.57 Å². The molecule has 2 rings (SSSR count). The zero-order valence-electron chi connectivity index (χ0n) is 9.11. The zero-order valence-corrected chi connectivity index (χ0v) is 9.11. The lowest BCUT2D eigenvalue weighted by atomic mass is 9.91. The average Bonchev–Trinajstić information content (AvgIpc) is 2.30. The number of alkyl halides is 1. The van der Waals surface area contributed by atoms with Gasteiger partial charge in [-0.2, -0.15) is 0 Å². The van der Waals surface area contributed by atoms with E-state index in [0.717, 1.165) is 5.56 Å². The lowest BCUT2D eigenvalue weighted by molar-refractivity contribution is -0.0694. The van der Waals surface area contributed by atoms with Gasteiger partial charge < -0.3 is 10.5 Å². The van der Waals surface area contributed by atoms with E-state index in [1.54, 1.807) is 12.2 Å². The molecule has 3 heteroatoms. The van der Waals surface area contributed by atoms with Gasteiger partial charge in [0.05, 0.1) is 6.42 Å². The van der Waals surface area contributed by atoms with E-state index in [9.17, 15) is 4.39 Å². The molecule has 1 unspecified atom stereocenters. The van der Waals surface area contributed by atoms with Gasteiger partial charge in [0.1, 0.15) is 0 Å². The van der Waals surface area contributed by atoms with E-state index in [1.807, 2.05) is 30.3 Å². The molecule has 16 heavy (non-hydrogen) atoms. The Labute approximate surface area is 94.2 Å². The summed E-state index contributed by atoms with van der Waals surface area (Å²) in [4.78, 5) is 0. The standard InChI is InChI=1S/C13H14FNO/c1-16-13(14)9-11(15)7-8-12(13)10-5-3-2-4-6-10/h2-8H,9,15H2,1H3. The van der Waals surface area contributed by atoms with Crippen molar-refractivity contribution in [2.24, 2.45) is 5.73 Å². The lowest BCUT2D eigenvalue weighted by Crippen LogP contribution is -2.31. The van der Waals surface area contributed by atoms with E-state index < -0.39 is 5.85 Å². The smallest absolute Gasteiger partial charge is 0.241 e. The molecule has 1 aromatic carbocycles. The second-order valence-electron chi connectivity index (χ2n) is 3.80. The number of nitrogens with two attached hydrogens (primary N) is 1. The van der Waals surface area contributed by atoms with Crippen molar-refractivity contribution in [3.63, 3.8) is 0 Å². The fourth-order valence-electron chi connectivity index (χ4n) is 1.84. The summed E-state index contributed by atoms with van der Waals surface area (Å²) in [6.07, 6.45) is 3.47. The molecule has 0 spiro atoms. The molecule has 0 aliphatic heterocycles. The summed E-state index contributed by atoms with van der Waals surface area (Å²) in [5.74, 6) is -1.82. The lowest BCUT2D eigenvalue weighted by Gasteiger charge is -2.29. The van der Waals surface area contributed by atoms with Gasteiger partial charge in [-0.15, -0.1) is 0 Å². The summed E-state index contributed by atoms with van der Waals surface area (Å²) >= 11 is 0. The Kier molecular flexibility index (Phi) is 2.79. The molecule has 2 nitrogen and oxygen atoms in total. The van der Waals surface area contributed by atoms with Crippen LogP contribution in [0, 0.1) is 0 Å². The van der Waals surface area contributed by atoms with Crippen LogP contribution >= 0.6 is 0 Å². The number of hydrogen-bond donors (Lipinski definition) is 1. The fraction of sp³-hybridized carbons (Fsp3) is 0.231. The Balaban J connectivity index is 2.45. The highest BCUT2D eigenvalue weighted by Crippen LogP contribution is 2.38. The molecule has 1 aromatic rings. The molecule has 0 bridgehead atoms. The third kappa shape index (κ3) is 1.86. The van der Waals surface area contributed by atoms with Crippen molar-refractivity contribution in [2.45, 2.75) is 12.3 Å². The maximum atomic E-state index is 14.5. The van der Waals surface area contributed by atoms with E-state index in [0.29, 0.717) is 11.3 Å². The first-order chi connectivity index (χ1) is 7.65. The number of benzene rings is 1. The first-order valence-corrected chi connectivity index (χ1v) is 5.12. The normalized spacial score (nSPS) is 24.9. The maximum absolute atomic E-state index is 14.5. The number of rotatable bonds is 2. The number of halogens is 1. The predicted octanol–water partition coefficient (Wildman–Crippen LogP) is 2.63. The van der Waals surface area contributed by atoms with Crippen LogP contribution in [0.15, 0.2) is 48.2 Å².